The molecule has 186 valence electrons. The molecule has 0 unspecified atom stereocenters. The number of hydrogen-bond donors (Lipinski definition) is 0. The summed E-state index contributed by atoms with van der Waals surface area (Å²) < 4.78 is 0. The van der Waals surface area contributed by atoms with E-state index >= 15 is 0 Å². The van der Waals surface area contributed by atoms with Crippen LogP contribution in [0, 0.1) is 0 Å². The molecule has 5 aromatic carbocycles. The van der Waals surface area contributed by atoms with Gasteiger partial charge in [-0.15, -0.1) is 0 Å². The minimum absolute atomic E-state index is 0.945. The van der Waals surface area contributed by atoms with E-state index in [1.165, 1.54) is 0 Å². The van der Waals surface area contributed by atoms with Gasteiger partial charge in [-0.2, -0.15) is 0 Å². The molecule has 0 aliphatic rings. The molecule has 3 heteroatoms. The maximum Gasteiger partial charge on any atom is 0.0722 e. The molecule has 8 aromatic rings. The summed E-state index contributed by atoms with van der Waals surface area (Å²) in [7, 11) is 0. The van der Waals surface area contributed by atoms with Gasteiger partial charge in [-0.1, -0.05) is 91.0 Å². The van der Waals surface area contributed by atoms with E-state index < -0.39 is 0 Å². The second-order valence-electron chi connectivity index (χ2n) is 10.0. The first kappa shape index (κ1) is 22.6. The fourth-order valence-corrected chi connectivity index (χ4v) is 5.83. The monoisotopic (exact) mass is 509 g/mol. The van der Waals surface area contributed by atoms with Crippen molar-refractivity contribution < 1.29 is 0 Å². The second kappa shape index (κ2) is 9.11. The van der Waals surface area contributed by atoms with Gasteiger partial charge >= 0.3 is 0 Å². The van der Waals surface area contributed by atoms with Crippen molar-refractivity contribution in [3.8, 4) is 33.8 Å². The zero-order valence-corrected chi connectivity index (χ0v) is 21.6. The average Bonchev–Trinajstić information content (AvgIpc) is 3.03. The number of pyridine rings is 3. The highest BCUT2D eigenvalue weighted by Gasteiger charge is 2.19. The summed E-state index contributed by atoms with van der Waals surface area (Å²) in [6, 6.07) is 46.5. The number of benzene rings is 5. The van der Waals surface area contributed by atoms with E-state index in [2.05, 4.69) is 114 Å². The first-order valence-corrected chi connectivity index (χ1v) is 13.5. The minimum Gasteiger partial charge on any atom is -0.256 e. The zero-order valence-electron chi connectivity index (χ0n) is 21.6. The lowest BCUT2D eigenvalue weighted by Crippen LogP contribution is -1.95. The van der Waals surface area contributed by atoms with E-state index in [1.54, 1.807) is 0 Å². The average molecular weight is 510 g/mol. The first-order chi connectivity index (χ1) is 19.8. The molecule has 0 aliphatic heterocycles. The molecule has 0 atom stereocenters. The Morgan fingerprint density at radius 1 is 0.375 bits per heavy atom. The van der Waals surface area contributed by atoms with Gasteiger partial charge in [0.25, 0.3) is 0 Å². The van der Waals surface area contributed by atoms with Crippen LogP contribution in [0.2, 0.25) is 0 Å². The van der Waals surface area contributed by atoms with Crippen molar-refractivity contribution >= 4 is 43.4 Å². The van der Waals surface area contributed by atoms with Crippen molar-refractivity contribution in [3.05, 3.63) is 140 Å². The zero-order chi connectivity index (χ0) is 26.5. The molecule has 3 aromatic heterocycles. The molecule has 8 rings (SSSR count). The Balaban J connectivity index is 1.51. The first-order valence-electron chi connectivity index (χ1n) is 13.5. The van der Waals surface area contributed by atoms with Gasteiger partial charge in [0.1, 0.15) is 0 Å². The van der Waals surface area contributed by atoms with Crippen LogP contribution in [0.1, 0.15) is 0 Å². The quantitative estimate of drug-likeness (QED) is 0.223. The van der Waals surface area contributed by atoms with Gasteiger partial charge in [-0.25, -0.2) is 9.97 Å². The Morgan fingerprint density at radius 2 is 0.925 bits per heavy atom. The highest BCUT2D eigenvalue weighted by Crippen LogP contribution is 2.44. The third-order valence-electron chi connectivity index (χ3n) is 7.69. The fraction of sp³-hybridized carbons (Fsp3) is 0. The van der Waals surface area contributed by atoms with E-state index in [0.29, 0.717) is 0 Å². The topological polar surface area (TPSA) is 38.7 Å². The maximum absolute atomic E-state index is 5.16. The smallest absolute Gasteiger partial charge is 0.0722 e. The highest BCUT2D eigenvalue weighted by molar-refractivity contribution is 6.21. The van der Waals surface area contributed by atoms with Gasteiger partial charge in [0.15, 0.2) is 0 Å². The predicted octanol–water partition coefficient (Wildman–Crippen LogP) is 9.49. The predicted molar refractivity (Wildman–Crippen MR) is 166 cm³/mol. The van der Waals surface area contributed by atoms with Crippen LogP contribution in [0.15, 0.2) is 140 Å². The lowest BCUT2D eigenvalue weighted by atomic mass is 9.87. The molecule has 0 N–H and O–H groups in total. The fourth-order valence-electron chi connectivity index (χ4n) is 5.83. The molecule has 3 heterocycles. The number of aromatic nitrogens is 3. The number of nitrogens with zero attached hydrogens (tertiary/aromatic N) is 3. The molecular weight excluding hydrogens is 486 g/mol. The molecular formula is C37H23N3. The van der Waals surface area contributed by atoms with Crippen molar-refractivity contribution in [1.82, 2.24) is 15.0 Å². The second-order valence-corrected chi connectivity index (χ2v) is 10.0. The Morgan fingerprint density at radius 3 is 1.55 bits per heavy atom. The molecule has 0 saturated heterocycles. The van der Waals surface area contributed by atoms with Gasteiger partial charge in [0.2, 0.25) is 0 Å². The maximum atomic E-state index is 5.16. The third kappa shape index (κ3) is 3.63. The normalized spacial score (nSPS) is 11.5. The van der Waals surface area contributed by atoms with Crippen molar-refractivity contribution in [2.24, 2.45) is 0 Å². The van der Waals surface area contributed by atoms with Crippen LogP contribution in [-0.4, -0.2) is 15.0 Å². The van der Waals surface area contributed by atoms with Crippen LogP contribution in [0.25, 0.3) is 77.1 Å². The Labute approximate surface area is 231 Å². The van der Waals surface area contributed by atoms with Gasteiger partial charge in [0.05, 0.1) is 28.1 Å². The molecule has 0 radical (unpaired) electrons. The van der Waals surface area contributed by atoms with Crippen LogP contribution < -0.4 is 0 Å². The Hall–Kier alpha value is -5.41. The molecule has 3 nitrogen and oxygen atoms in total. The van der Waals surface area contributed by atoms with Gasteiger partial charge in [0, 0.05) is 33.7 Å². The van der Waals surface area contributed by atoms with Crippen molar-refractivity contribution in [1.29, 1.82) is 0 Å². The van der Waals surface area contributed by atoms with Crippen molar-refractivity contribution in [2.45, 2.75) is 0 Å². The minimum atomic E-state index is 0.945. The standard InChI is InChI=1S/C37H23N3/c1-5-14-32-24(9-1)17-20-34(39-32)36-27-11-3-4-12-28(27)37(35-21-18-25-10-2-6-15-33(25)40-35)30-23-26(16-19-29(30)36)31-13-7-8-22-38-31/h1-23H. The molecule has 0 bridgehead atoms. The molecule has 0 fully saturated rings. The van der Waals surface area contributed by atoms with Gasteiger partial charge in [-0.3, -0.25) is 4.98 Å². The van der Waals surface area contributed by atoms with Crippen LogP contribution >= 0.6 is 0 Å². The van der Waals surface area contributed by atoms with E-state index in [0.717, 1.165) is 77.1 Å². The van der Waals surface area contributed by atoms with Crippen LogP contribution in [-0.2, 0) is 0 Å². The summed E-state index contributed by atoms with van der Waals surface area (Å²) in [5.41, 5.74) is 8.16. The molecule has 0 amide bonds. The highest BCUT2D eigenvalue weighted by atomic mass is 14.7. The largest absolute Gasteiger partial charge is 0.256 e. The van der Waals surface area contributed by atoms with E-state index in [4.69, 9.17) is 9.97 Å². The van der Waals surface area contributed by atoms with Gasteiger partial charge in [-0.05, 0) is 64.0 Å². The summed E-state index contributed by atoms with van der Waals surface area (Å²) in [6.07, 6.45) is 1.84. The lowest BCUT2D eigenvalue weighted by molar-refractivity contribution is 1.33. The Bertz CT molecular complexity index is 2220. The third-order valence-corrected chi connectivity index (χ3v) is 7.69. The van der Waals surface area contributed by atoms with E-state index in [1.807, 2.05) is 30.5 Å². The number of para-hydroxylation sites is 2. The molecule has 0 saturated carbocycles. The van der Waals surface area contributed by atoms with Crippen LogP contribution in [0.3, 0.4) is 0 Å². The summed E-state index contributed by atoms with van der Waals surface area (Å²) >= 11 is 0. The Kier molecular flexibility index (Phi) is 5.14. The molecule has 0 aliphatic carbocycles. The van der Waals surface area contributed by atoms with Crippen LogP contribution in [0.4, 0.5) is 0 Å². The van der Waals surface area contributed by atoms with E-state index in [-0.39, 0.29) is 0 Å². The summed E-state index contributed by atoms with van der Waals surface area (Å²) in [6.45, 7) is 0. The SMILES string of the molecule is c1ccc(-c2ccc3c(-c4ccc5ccccc5n4)c4ccccc4c(-c4ccc5ccccc5n4)c3c2)nc1. The number of fused-ring (bicyclic) bond motifs is 4. The van der Waals surface area contributed by atoms with Crippen LogP contribution in [0.5, 0.6) is 0 Å². The molecule has 0 spiro atoms. The lowest BCUT2D eigenvalue weighted by Gasteiger charge is -2.18. The summed E-state index contributed by atoms with van der Waals surface area (Å²) in [4.78, 5) is 15.0. The van der Waals surface area contributed by atoms with Gasteiger partial charge < -0.3 is 0 Å². The summed E-state index contributed by atoms with van der Waals surface area (Å²) in [5, 5.41) is 6.86. The summed E-state index contributed by atoms with van der Waals surface area (Å²) in [5.74, 6) is 0. The number of hydrogen-bond acceptors (Lipinski definition) is 3. The van der Waals surface area contributed by atoms with Crippen molar-refractivity contribution in [2.75, 3.05) is 0 Å². The van der Waals surface area contributed by atoms with Crippen molar-refractivity contribution in [3.63, 3.8) is 0 Å². The molecule has 40 heavy (non-hydrogen) atoms. The number of rotatable bonds is 3. The van der Waals surface area contributed by atoms with E-state index in [9.17, 15) is 0 Å².